The number of benzene rings is 2. The van der Waals surface area contributed by atoms with Crippen LogP contribution >= 0.6 is 0 Å². The Kier molecular flexibility index (Phi) is 5.15. The van der Waals surface area contributed by atoms with Gasteiger partial charge in [-0.1, -0.05) is 55.5 Å². The van der Waals surface area contributed by atoms with Gasteiger partial charge in [-0.25, -0.2) is 0 Å². The molecule has 2 aromatic heterocycles. The Labute approximate surface area is 209 Å². The number of hydrogen-bond donors (Lipinski definition) is 0. The van der Waals surface area contributed by atoms with E-state index < -0.39 is 5.41 Å². The molecule has 2 aliphatic carbocycles. The normalized spacial score (nSPS) is 22.8. The van der Waals surface area contributed by atoms with Crippen LogP contribution in [0.5, 0.6) is 0 Å². The maximum absolute atomic E-state index is 13.0. The largest absolute Gasteiger partial charge is 0.293 e. The van der Waals surface area contributed by atoms with E-state index in [4.69, 9.17) is 5.10 Å². The molecular weight excluding hydrogens is 446 g/mol. The van der Waals surface area contributed by atoms with Gasteiger partial charge in [0.1, 0.15) is 6.07 Å². The molecule has 0 saturated heterocycles. The van der Waals surface area contributed by atoms with Crippen LogP contribution in [-0.4, -0.2) is 25.8 Å². The molecule has 0 fully saturated rings. The third-order valence-corrected chi connectivity index (χ3v) is 7.91. The molecule has 176 valence electrons. The Morgan fingerprint density at radius 3 is 2.58 bits per heavy atom. The molecule has 2 heterocycles. The quantitative estimate of drug-likeness (QED) is 0.417. The fourth-order valence-corrected chi connectivity index (χ4v) is 6.29. The van der Waals surface area contributed by atoms with Gasteiger partial charge in [0.15, 0.2) is 5.78 Å². The van der Waals surface area contributed by atoms with Crippen molar-refractivity contribution in [3.05, 3.63) is 102 Å². The first-order valence-corrected chi connectivity index (χ1v) is 12.2. The van der Waals surface area contributed by atoms with Gasteiger partial charge in [0.2, 0.25) is 0 Å². The molecule has 6 rings (SSSR count). The van der Waals surface area contributed by atoms with Crippen LogP contribution in [0.25, 0.3) is 22.4 Å². The van der Waals surface area contributed by atoms with Crippen molar-refractivity contribution in [3.8, 4) is 28.5 Å². The van der Waals surface area contributed by atoms with E-state index in [1.165, 1.54) is 5.56 Å². The molecule has 0 unspecified atom stereocenters. The number of carbonyl (C=O) groups excluding carboxylic acids is 1. The number of fused-ring (bicyclic) bond motifs is 3. The van der Waals surface area contributed by atoms with Crippen LogP contribution in [0.15, 0.2) is 84.7 Å². The van der Waals surface area contributed by atoms with Gasteiger partial charge in [-0.2, -0.15) is 20.6 Å². The first-order valence-electron chi connectivity index (χ1n) is 12.2. The monoisotopic (exact) mass is 471 g/mol. The van der Waals surface area contributed by atoms with E-state index in [0.717, 1.165) is 46.5 Å². The predicted molar refractivity (Wildman–Crippen MR) is 137 cm³/mol. The van der Waals surface area contributed by atoms with Crippen LogP contribution in [0.4, 0.5) is 0 Å². The Bertz CT molecular complexity index is 1550. The summed E-state index contributed by atoms with van der Waals surface area (Å²) in [6.07, 6.45) is 7.04. The standard InChI is InChI=1S/C30H25N5O/c1-19-26-12-11-25-27(21-8-6-7-20(15-21)22-13-14-32-33-18-22)35(2)34-29(25)30(26,16-23(17-31)28(19)36)24-9-4-3-5-10-24/h3-10,13-16,18-19,26H,11-12H2,1-2H3/t19-,26-,30+/m0/s1. The van der Waals surface area contributed by atoms with E-state index in [2.05, 4.69) is 52.7 Å². The molecule has 0 aliphatic heterocycles. The summed E-state index contributed by atoms with van der Waals surface area (Å²) in [5.41, 5.74) is 7.01. The topological polar surface area (TPSA) is 84.5 Å². The Hall–Kier alpha value is -4.37. The number of nitrogens with zero attached hydrogens (tertiary/aromatic N) is 5. The van der Waals surface area contributed by atoms with Crippen molar-refractivity contribution in [2.45, 2.75) is 25.2 Å². The number of nitriles is 1. The molecule has 6 heteroatoms. The van der Waals surface area contributed by atoms with Crippen LogP contribution in [0.3, 0.4) is 0 Å². The highest BCUT2D eigenvalue weighted by molar-refractivity contribution is 6.02. The molecule has 4 aromatic rings. The van der Waals surface area contributed by atoms with E-state index in [0.29, 0.717) is 0 Å². The highest BCUT2D eigenvalue weighted by atomic mass is 16.1. The highest BCUT2D eigenvalue weighted by Gasteiger charge is 2.54. The predicted octanol–water partition coefficient (Wildman–Crippen LogP) is 5.06. The first-order chi connectivity index (χ1) is 17.5. The van der Waals surface area contributed by atoms with Crippen LogP contribution in [-0.2, 0) is 23.7 Å². The van der Waals surface area contributed by atoms with Gasteiger partial charge in [-0.15, -0.1) is 0 Å². The average Bonchev–Trinajstić information content (AvgIpc) is 3.28. The van der Waals surface area contributed by atoms with Gasteiger partial charge < -0.3 is 0 Å². The van der Waals surface area contributed by atoms with E-state index in [-0.39, 0.29) is 23.2 Å². The highest BCUT2D eigenvalue weighted by Crippen LogP contribution is 2.54. The van der Waals surface area contributed by atoms with Crippen molar-refractivity contribution < 1.29 is 4.79 Å². The lowest BCUT2D eigenvalue weighted by molar-refractivity contribution is -0.121. The van der Waals surface area contributed by atoms with Gasteiger partial charge in [0.05, 0.1) is 34.8 Å². The SMILES string of the molecule is C[C@@H]1C(=O)C(C#N)=C[C@]2(c3ccccc3)c3nn(C)c(-c4cccc(-c5ccnnc5)c4)c3CC[C@@H]12. The second-order valence-electron chi connectivity index (χ2n) is 9.71. The van der Waals surface area contributed by atoms with Crippen LogP contribution in [0, 0.1) is 23.2 Å². The molecular formula is C30H25N5O. The van der Waals surface area contributed by atoms with E-state index in [1.807, 2.05) is 49.0 Å². The summed E-state index contributed by atoms with van der Waals surface area (Å²) >= 11 is 0. The van der Waals surface area contributed by atoms with Gasteiger partial charge in [0.25, 0.3) is 0 Å². The minimum atomic E-state index is -0.629. The van der Waals surface area contributed by atoms with Crippen molar-refractivity contribution in [3.63, 3.8) is 0 Å². The van der Waals surface area contributed by atoms with Gasteiger partial charge in [-0.05, 0) is 48.1 Å². The van der Waals surface area contributed by atoms with Crippen molar-refractivity contribution in [2.24, 2.45) is 18.9 Å². The molecule has 2 aromatic carbocycles. The zero-order chi connectivity index (χ0) is 24.9. The maximum Gasteiger partial charge on any atom is 0.176 e. The summed E-state index contributed by atoms with van der Waals surface area (Å²) in [6, 6.07) is 22.8. The summed E-state index contributed by atoms with van der Waals surface area (Å²) < 4.78 is 1.96. The number of aryl methyl sites for hydroxylation is 1. The van der Waals surface area contributed by atoms with E-state index in [9.17, 15) is 10.1 Å². The number of rotatable bonds is 3. The van der Waals surface area contributed by atoms with E-state index >= 15 is 0 Å². The molecule has 3 atom stereocenters. The number of aromatic nitrogens is 4. The third-order valence-electron chi connectivity index (χ3n) is 7.91. The van der Waals surface area contributed by atoms with Crippen LogP contribution in [0.1, 0.15) is 30.2 Å². The number of allylic oxidation sites excluding steroid dienone is 2. The Balaban J connectivity index is 1.60. The van der Waals surface area contributed by atoms with Gasteiger partial charge in [0, 0.05) is 29.7 Å². The number of Topliss-reactive ketones (excluding diaryl/α,β-unsaturated/α-hetero) is 1. The minimum absolute atomic E-state index is 0.0361. The van der Waals surface area contributed by atoms with Crippen LogP contribution in [0.2, 0.25) is 0 Å². The summed E-state index contributed by atoms with van der Waals surface area (Å²) in [6.45, 7) is 1.97. The molecule has 2 aliphatic rings. The summed E-state index contributed by atoms with van der Waals surface area (Å²) in [4.78, 5) is 13.0. The number of hydrogen-bond acceptors (Lipinski definition) is 5. The Morgan fingerprint density at radius 2 is 1.83 bits per heavy atom. The molecule has 36 heavy (non-hydrogen) atoms. The average molecular weight is 472 g/mol. The minimum Gasteiger partial charge on any atom is -0.293 e. The van der Waals surface area contributed by atoms with Gasteiger partial charge in [-0.3, -0.25) is 9.48 Å². The van der Waals surface area contributed by atoms with Crippen molar-refractivity contribution in [1.82, 2.24) is 20.0 Å². The van der Waals surface area contributed by atoms with Crippen LogP contribution < -0.4 is 0 Å². The lowest BCUT2D eigenvalue weighted by Crippen LogP contribution is -2.48. The molecule has 0 amide bonds. The molecule has 0 N–H and O–H groups in total. The van der Waals surface area contributed by atoms with Crippen molar-refractivity contribution >= 4 is 5.78 Å². The summed E-state index contributed by atoms with van der Waals surface area (Å²) in [5.74, 6) is -0.285. The Morgan fingerprint density at radius 1 is 1.03 bits per heavy atom. The molecule has 0 spiro atoms. The lowest BCUT2D eigenvalue weighted by atomic mass is 9.54. The van der Waals surface area contributed by atoms with Crippen molar-refractivity contribution in [1.29, 1.82) is 5.26 Å². The zero-order valence-corrected chi connectivity index (χ0v) is 20.2. The second-order valence-corrected chi connectivity index (χ2v) is 9.71. The summed E-state index contributed by atoms with van der Waals surface area (Å²) in [7, 11) is 1.98. The van der Waals surface area contributed by atoms with Gasteiger partial charge >= 0.3 is 0 Å². The second kappa shape index (κ2) is 8.39. The zero-order valence-electron chi connectivity index (χ0n) is 20.2. The number of carbonyl (C=O) groups is 1. The molecule has 6 nitrogen and oxygen atoms in total. The maximum atomic E-state index is 13.0. The smallest absolute Gasteiger partial charge is 0.176 e. The third kappa shape index (κ3) is 3.16. The fourth-order valence-electron chi connectivity index (χ4n) is 6.29. The number of ketones is 1. The summed E-state index contributed by atoms with van der Waals surface area (Å²) in [5, 5.41) is 22.9. The molecule has 0 saturated carbocycles. The molecule has 0 bridgehead atoms. The van der Waals surface area contributed by atoms with E-state index in [1.54, 1.807) is 12.4 Å². The lowest BCUT2D eigenvalue weighted by Gasteiger charge is -2.47. The van der Waals surface area contributed by atoms with Crippen molar-refractivity contribution in [2.75, 3.05) is 0 Å². The fraction of sp³-hybridized carbons (Fsp3) is 0.233. The first kappa shape index (κ1) is 22.1. The molecule has 0 radical (unpaired) electrons.